The fourth-order valence-electron chi connectivity index (χ4n) is 5.18. The number of ether oxygens (including phenoxy) is 1. The van der Waals surface area contributed by atoms with Crippen molar-refractivity contribution in [1.29, 1.82) is 0 Å². The molecule has 5 rings (SSSR count). The molecule has 7 heteroatoms. The van der Waals surface area contributed by atoms with Crippen LogP contribution in [0.25, 0.3) is 22.2 Å². The normalized spacial score (nSPS) is 18.1. The van der Waals surface area contributed by atoms with E-state index in [-0.39, 0.29) is 5.91 Å². The molecule has 2 aliphatic heterocycles. The number of carbonyl (C=O) groups is 1. The number of benzene rings is 1. The van der Waals surface area contributed by atoms with Crippen LogP contribution in [0.4, 0.5) is 5.69 Å². The van der Waals surface area contributed by atoms with Crippen LogP contribution in [0.5, 0.6) is 0 Å². The number of piperidine rings is 1. The first-order valence-corrected chi connectivity index (χ1v) is 12.1. The summed E-state index contributed by atoms with van der Waals surface area (Å²) in [7, 11) is 0. The third-order valence-electron chi connectivity index (χ3n) is 7.01. The fourth-order valence-corrected chi connectivity index (χ4v) is 5.18. The number of likely N-dealkylation sites (tertiary alicyclic amines) is 1. The van der Waals surface area contributed by atoms with Gasteiger partial charge in [0.15, 0.2) is 0 Å². The van der Waals surface area contributed by atoms with Gasteiger partial charge in [-0.3, -0.25) is 9.69 Å². The lowest BCUT2D eigenvalue weighted by Crippen LogP contribution is -2.50. The molecule has 0 atom stereocenters. The van der Waals surface area contributed by atoms with E-state index in [1.54, 1.807) is 0 Å². The van der Waals surface area contributed by atoms with Crippen LogP contribution < -0.4 is 5.32 Å². The Kier molecular flexibility index (Phi) is 6.33. The van der Waals surface area contributed by atoms with Gasteiger partial charge in [-0.25, -0.2) is 4.98 Å². The molecule has 0 radical (unpaired) electrons. The minimum Gasteiger partial charge on any atom is -0.384 e. The van der Waals surface area contributed by atoms with Crippen LogP contribution in [0.2, 0.25) is 0 Å². The number of aryl methyl sites for hydroxylation is 1. The number of nitrogens with zero attached hydrogens (tertiary/aromatic N) is 3. The summed E-state index contributed by atoms with van der Waals surface area (Å²) in [6, 6.07) is 8.56. The van der Waals surface area contributed by atoms with Gasteiger partial charge in [-0.1, -0.05) is 12.1 Å². The molecule has 0 spiro atoms. The van der Waals surface area contributed by atoms with Crippen molar-refractivity contribution in [1.82, 2.24) is 19.8 Å². The Labute approximate surface area is 195 Å². The van der Waals surface area contributed by atoms with Crippen LogP contribution in [0.1, 0.15) is 35.7 Å². The predicted octanol–water partition coefficient (Wildman–Crippen LogP) is 3.91. The Morgan fingerprint density at radius 1 is 1.15 bits per heavy atom. The third kappa shape index (κ3) is 4.35. The van der Waals surface area contributed by atoms with Crippen LogP contribution in [0.3, 0.4) is 0 Å². The van der Waals surface area contributed by atoms with Gasteiger partial charge in [0.2, 0.25) is 0 Å². The molecule has 1 aromatic carbocycles. The molecule has 0 unspecified atom stereocenters. The Balaban J connectivity index is 1.30. The van der Waals surface area contributed by atoms with Crippen molar-refractivity contribution in [3.05, 3.63) is 47.8 Å². The highest BCUT2D eigenvalue weighted by atomic mass is 16.5. The molecule has 0 bridgehead atoms. The number of pyridine rings is 1. The van der Waals surface area contributed by atoms with E-state index in [9.17, 15) is 4.79 Å². The molecule has 0 saturated carbocycles. The highest BCUT2D eigenvalue weighted by Gasteiger charge is 2.28. The highest BCUT2D eigenvalue weighted by Crippen LogP contribution is 2.35. The number of morpholine rings is 1. The summed E-state index contributed by atoms with van der Waals surface area (Å²) in [5.41, 5.74) is 6.01. The van der Waals surface area contributed by atoms with Gasteiger partial charge in [-0.2, -0.15) is 0 Å². The quantitative estimate of drug-likeness (QED) is 0.621. The summed E-state index contributed by atoms with van der Waals surface area (Å²) < 4.78 is 5.48. The van der Waals surface area contributed by atoms with Gasteiger partial charge in [-0.15, -0.1) is 0 Å². The molecule has 2 saturated heterocycles. The van der Waals surface area contributed by atoms with Gasteiger partial charge in [-0.05, 0) is 49.9 Å². The van der Waals surface area contributed by atoms with E-state index >= 15 is 0 Å². The maximum atomic E-state index is 13.1. The standard InChI is InChI=1S/C26H33N5O2/c1-3-27-24-22(17-29-25-23(24)18(2)16-28-25)19-4-6-20(7-5-19)26(32)31-10-8-21(9-11-31)30-12-14-33-15-13-30/h4-7,16-17,21H,3,8-15H2,1-2H3,(H2,27,28,29). The number of anilines is 1. The number of H-pyrrole nitrogens is 1. The number of hydrogen-bond acceptors (Lipinski definition) is 5. The smallest absolute Gasteiger partial charge is 0.253 e. The molecule has 1 amide bonds. The minimum absolute atomic E-state index is 0.129. The summed E-state index contributed by atoms with van der Waals surface area (Å²) in [5.74, 6) is 0.129. The van der Waals surface area contributed by atoms with Crippen LogP contribution in [0.15, 0.2) is 36.7 Å². The first-order chi connectivity index (χ1) is 16.2. The van der Waals surface area contributed by atoms with Gasteiger partial charge in [0.25, 0.3) is 5.91 Å². The Morgan fingerprint density at radius 3 is 2.58 bits per heavy atom. The van der Waals surface area contributed by atoms with Gasteiger partial charge in [0.05, 0.1) is 18.9 Å². The van der Waals surface area contributed by atoms with E-state index in [2.05, 4.69) is 34.0 Å². The van der Waals surface area contributed by atoms with Crippen molar-refractivity contribution >= 4 is 22.6 Å². The lowest BCUT2D eigenvalue weighted by atomic mass is 9.99. The number of amides is 1. The second-order valence-electron chi connectivity index (χ2n) is 9.02. The number of aromatic nitrogens is 2. The Bertz CT molecular complexity index is 1110. The van der Waals surface area contributed by atoms with Crippen molar-refractivity contribution in [3.8, 4) is 11.1 Å². The van der Waals surface area contributed by atoms with E-state index in [1.165, 1.54) is 5.56 Å². The first kappa shape index (κ1) is 21.9. The molecular formula is C26H33N5O2. The van der Waals surface area contributed by atoms with E-state index in [0.29, 0.717) is 6.04 Å². The second kappa shape index (κ2) is 9.53. The molecular weight excluding hydrogens is 414 g/mol. The molecule has 3 aromatic rings. The summed E-state index contributed by atoms with van der Waals surface area (Å²) >= 11 is 0. The second-order valence-corrected chi connectivity index (χ2v) is 9.02. The number of fused-ring (bicyclic) bond motifs is 1. The lowest BCUT2D eigenvalue weighted by molar-refractivity contribution is 0.00159. The van der Waals surface area contributed by atoms with Crippen LogP contribution in [-0.2, 0) is 4.74 Å². The fraction of sp³-hybridized carbons (Fsp3) is 0.462. The number of carbonyl (C=O) groups excluding carboxylic acids is 1. The van der Waals surface area contributed by atoms with Gasteiger partial charge in [0, 0.05) is 67.7 Å². The monoisotopic (exact) mass is 447 g/mol. The zero-order chi connectivity index (χ0) is 22.8. The van der Waals surface area contributed by atoms with Gasteiger partial charge >= 0.3 is 0 Å². The van der Waals surface area contributed by atoms with Gasteiger partial charge < -0.3 is 19.9 Å². The minimum atomic E-state index is 0.129. The van der Waals surface area contributed by atoms with Gasteiger partial charge in [0.1, 0.15) is 5.65 Å². The third-order valence-corrected chi connectivity index (χ3v) is 7.01. The average Bonchev–Trinajstić information content (AvgIpc) is 3.26. The predicted molar refractivity (Wildman–Crippen MR) is 132 cm³/mol. The first-order valence-electron chi connectivity index (χ1n) is 12.1. The molecule has 2 fully saturated rings. The van der Waals surface area contributed by atoms with E-state index in [0.717, 1.165) is 92.2 Å². The van der Waals surface area contributed by atoms with E-state index in [1.807, 2.05) is 41.6 Å². The largest absolute Gasteiger partial charge is 0.384 e. The molecule has 7 nitrogen and oxygen atoms in total. The van der Waals surface area contributed by atoms with E-state index < -0.39 is 0 Å². The summed E-state index contributed by atoms with van der Waals surface area (Å²) in [5, 5.41) is 4.64. The van der Waals surface area contributed by atoms with Crippen molar-refractivity contribution in [2.75, 3.05) is 51.3 Å². The molecule has 2 aromatic heterocycles. The zero-order valence-corrected chi connectivity index (χ0v) is 19.6. The summed E-state index contributed by atoms with van der Waals surface area (Å²) in [6.07, 6.45) is 5.98. The maximum Gasteiger partial charge on any atom is 0.253 e. The molecule has 0 aliphatic carbocycles. The highest BCUT2D eigenvalue weighted by molar-refractivity contribution is 6.01. The number of aromatic amines is 1. The van der Waals surface area contributed by atoms with Crippen LogP contribution in [0, 0.1) is 6.92 Å². The average molecular weight is 448 g/mol. The molecule has 2 aliphatic rings. The Hall–Kier alpha value is -2.90. The maximum absolute atomic E-state index is 13.1. The number of rotatable bonds is 5. The number of hydrogen-bond donors (Lipinski definition) is 2. The molecule has 2 N–H and O–H groups in total. The molecule has 33 heavy (non-hydrogen) atoms. The topological polar surface area (TPSA) is 73.5 Å². The van der Waals surface area contributed by atoms with Crippen molar-refractivity contribution in [3.63, 3.8) is 0 Å². The number of nitrogens with one attached hydrogen (secondary N) is 2. The zero-order valence-electron chi connectivity index (χ0n) is 19.6. The van der Waals surface area contributed by atoms with Crippen molar-refractivity contribution < 1.29 is 9.53 Å². The molecule has 174 valence electrons. The van der Waals surface area contributed by atoms with Crippen LogP contribution >= 0.6 is 0 Å². The molecule has 4 heterocycles. The lowest BCUT2D eigenvalue weighted by Gasteiger charge is -2.40. The van der Waals surface area contributed by atoms with Crippen molar-refractivity contribution in [2.45, 2.75) is 32.7 Å². The summed E-state index contributed by atoms with van der Waals surface area (Å²) in [6.45, 7) is 10.3. The summed E-state index contributed by atoms with van der Waals surface area (Å²) in [4.78, 5) is 25.5. The van der Waals surface area contributed by atoms with Crippen molar-refractivity contribution in [2.24, 2.45) is 0 Å². The SMILES string of the molecule is CCNc1c(-c2ccc(C(=O)N3CCC(N4CCOCC4)CC3)cc2)cnc2[nH]cc(C)c12. The van der Waals surface area contributed by atoms with Crippen LogP contribution in [-0.4, -0.2) is 77.7 Å². The Morgan fingerprint density at radius 2 is 1.88 bits per heavy atom. The van der Waals surface area contributed by atoms with E-state index in [4.69, 9.17) is 4.74 Å².